The first-order valence-electron chi connectivity index (χ1n) is 5.66. The van der Waals surface area contributed by atoms with Crippen molar-refractivity contribution in [2.75, 3.05) is 0 Å². The second kappa shape index (κ2) is 4.26. The Morgan fingerprint density at radius 1 is 1.06 bits per heavy atom. The van der Waals surface area contributed by atoms with E-state index in [2.05, 4.69) is 46.5 Å². The molecule has 0 fully saturated rings. The maximum atomic E-state index is 4.40. The summed E-state index contributed by atoms with van der Waals surface area (Å²) >= 11 is 1.69. The molecule has 0 amide bonds. The van der Waals surface area contributed by atoms with E-state index in [9.17, 15) is 0 Å². The monoisotopic (exact) mass is 240 g/mol. The molecule has 0 N–H and O–H groups in total. The summed E-state index contributed by atoms with van der Waals surface area (Å²) < 4.78 is 1.16. The Hall–Kier alpha value is -1.74. The number of fused-ring (bicyclic) bond motifs is 1. The lowest BCUT2D eigenvalue weighted by molar-refractivity contribution is 1.14. The number of aryl methyl sites for hydroxylation is 1. The van der Waals surface area contributed by atoms with Gasteiger partial charge in [-0.15, -0.1) is 11.3 Å². The van der Waals surface area contributed by atoms with Gasteiger partial charge in [-0.25, -0.2) is 9.97 Å². The SMILES string of the molecule is CCc1ccc(-c2ncnc3ccsc23)cc1. The maximum Gasteiger partial charge on any atom is 0.116 e. The minimum atomic E-state index is 1.03. The molecule has 17 heavy (non-hydrogen) atoms. The van der Waals surface area contributed by atoms with E-state index in [-0.39, 0.29) is 0 Å². The van der Waals surface area contributed by atoms with Gasteiger partial charge in [-0.3, -0.25) is 0 Å². The Morgan fingerprint density at radius 3 is 2.65 bits per heavy atom. The molecule has 0 bridgehead atoms. The van der Waals surface area contributed by atoms with Crippen molar-refractivity contribution in [1.82, 2.24) is 9.97 Å². The van der Waals surface area contributed by atoms with Crippen molar-refractivity contribution in [1.29, 1.82) is 0 Å². The zero-order valence-corrected chi connectivity index (χ0v) is 10.4. The predicted octanol–water partition coefficient (Wildman–Crippen LogP) is 3.92. The van der Waals surface area contributed by atoms with E-state index in [1.807, 2.05) is 6.07 Å². The Morgan fingerprint density at radius 2 is 1.88 bits per heavy atom. The number of rotatable bonds is 2. The Bertz CT molecular complexity index is 641. The molecule has 0 saturated carbocycles. The first-order valence-corrected chi connectivity index (χ1v) is 6.54. The van der Waals surface area contributed by atoms with Crippen molar-refractivity contribution in [2.24, 2.45) is 0 Å². The third-order valence-corrected chi connectivity index (χ3v) is 3.79. The van der Waals surface area contributed by atoms with E-state index >= 15 is 0 Å². The van der Waals surface area contributed by atoms with E-state index in [4.69, 9.17) is 0 Å². The molecule has 3 aromatic rings. The lowest BCUT2D eigenvalue weighted by atomic mass is 10.1. The van der Waals surface area contributed by atoms with E-state index in [0.29, 0.717) is 0 Å². The van der Waals surface area contributed by atoms with Crippen LogP contribution in [0.3, 0.4) is 0 Å². The topological polar surface area (TPSA) is 25.8 Å². The fraction of sp³-hybridized carbons (Fsp3) is 0.143. The van der Waals surface area contributed by atoms with Crippen molar-refractivity contribution in [3.8, 4) is 11.3 Å². The minimum Gasteiger partial charge on any atom is -0.235 e. The maximum absolute atomic E-state index is 4.40. The van der Waals surface area contributed by atoms with Crippen molar-refractivity contribution in [3.05, 3.63) is 47.6 Å². The molecule has 0 aliphatic rings. The average Bonchev–Trinajstić information content (AvgIpc) is 2.87. The molecule has 84 valence electrons. The van der Waals surface area contributed by atoms with Gasteiger partial charge in [0, 0.05) is 5.56 Å². The summed E-state index contributed by atoms with van der Waals surface area (Å²) in [4.78, 5) is 8.66. The molecule has 0 radical (unpaired) electrons. The van der Waals surface area contributed by atoms with Gasteiger partial charge in [0.15, 0.2) is 0 Å². The van der Waals surface area contributed by atoms with Crippen LogP contribution in [0.1, 0.15) is 12.5 Å². The zero-order chi connectivity index (χ0) is 11.7. The molecular formula is C14H12N2S. The summed E-state index contributed by atoms with van der Waals surface area (Å²) in [5.41, 5.74) is 4.58. The Kier molecular flexibility index (Phi) is 2.61. The first-order chi connectivity index (χ1) is 8.38. The van der Waals surface area contributed by atoms with Gasteiger partial charge in [0.2, 0.25) is 0 Å². The normalized spacial score (nSPS) is 10.9. The highest BCUT2D eigenvalue weighted by molar-refractivity contribution is 7.17. The molecule has 3 rings (SSSR count). The van der Waals surface area contributed by atoms with Gasteiger partial charge in [0.1, 0.15) is 6.33 Å². The van der Waals surface area contributed by atoms with Gasteiger partial charge in [0.25, 0.3) is 0 Å². The predicted molar refractivity (Wildman–Crippen MR) is 72.2 cm³/mol. The lowest BCUT2D eigenvalue weighted by Crippen LogP contribution is -1.86. The summed E-state index contributed by atoms with van der Waals surface area (Å²) in [6.07, 6.45) is 2.70. The summed E-state index contributed by atoms with van der Waals surface area (Å²) in [7, 11) is 0. The quantitative estimate of drug-likeness (QED) is 0.678. The molecule has 3 heteroatoms. The lowest BCUT2D eigenvalue weighted by Gasteiger charge is -2.03. The van der Waals surface area contributed by atoms with Crippen LogP contribution in [-0.4, -0.2) is 9.97 Å². The highest BCUT2D eigenvalue weighted by atomic mass is 32.1. The van der Waals surface area contributed by atoms with Crippen LogP contribution in [0.5, 0.6) is 0 Å². The van der Waals surface area contributed by atoms with Gasteiger partial charge in [0.05, 0.1) is 15.9 Å². The first kappa shape index (κ1) is 10.4. The number of nitrogens with zero attached hydrogens (tertiary/aromatic N) is 2. The standard InChI is InChI=1S/C14H12N2S/c1-2-10-3-5-11(6-4-10)13-14-12(7-8-17-14)15-9-16-13/h3-9H,2H2,1H3. The molecule has 2 aromatic heterocycles. The van der Waals surface area contributed by atoms with Crippen LogP contribution >= 0.6 is 11.3 Å². The zero-order valence-electron chi connectivity index (χ0n) is 9.55. The summed E-state index contributed by atoms with van der Waals surface area (Å²) in [5.74, 6) is 0. The van der Waals surface area contributed by atoms with Crippen LogP contribution in [0.25, 0.3) is 21.5 Å². The number of hydrogen-bond acceptors (Lipinski definition) is 3. The molecule has 0 atom stereocenters. The van der Waals surface area contributed by atoms with Gasteiger partial charge in [-0.2, -0.15) is 0 Å². The number of aromatic nitrogens is 2. The van der Waals surface area contributed by atoms with Gasteiger partial charge in [-0.05, 0) is 23.4 Å². The van der Waals surface area contributed by atoms with Crippen LogP contribution in [0, 0.1) is 0 Å². The fourth-order valence-corrected chi connectivity index (χ4v) is 2.75. The molecule has 1 aromatic carbocycles. The summed E-state index contributed by atoms with van der Waals surface area (Å²) in [6, 6.07) is 10.6. The Balaban J connectivity index is 2.16. The highest BCUT2D eigenvalue weighted by Gasteiger charge is 2.06. The molecule has 2 nitrogen and oxygen atoms in total. The van der Waals surface area contributed by atoms with Crippen molar-refractivity contribution < 1.29 is 0 Å². The van der Waals surface area contributed by atoms with Gasteiger partial charge >= 0.3 is 0 Å². The number of benzene rings is 1. The minimum absolute atomic E-state index is 1.03. The smallest absolute Gasteiger partial charge is 0.116 e. The van der Waals surface area contributed by atoms with E-state index in [1.54, 1.807) is 17.7 Å². The molecule has 0 aliphatic heterocycles. The van der Waals surface area contributed by atoms with Crippen molar-refractivity contribution >= 4 is 21.6 Å². The second-order valence-corrected chi connectivity index (χ2v) is 4.82. The highest BCUT2D eigenvalue weighted by Crippen LogP contribution is 2.29. The number of thiophene rings is 1. The average molecular weight is 240 g/mol. The molecule has 0 spiro atoms. The molecular weight excluding hydrogens is 228 g/mol. The van der Waals surface area contributed by atoms with Crippen LogP contribution in [0.4, 0.5) is 0 Å². The molecule has 0 unspecified atom stereocenters. The number of hydrogen-bond donors (Lipinski definition) is 0. The summed E-state index contributed by atoms with van der Waals surface area (Å²) in [5, 5.41) is 2.06. The summed E-state index contributed by atoms with van der Waals surface area (Å²) in [6.45, 7) is 2.16. The molecule has 0 aliphatic carbocycles. The molecule has 0 saturated heterocycles. The van der Waals surface area contributed by atoms with Crippen molar-refractivity contribution in [3.63, 3.8) is 0 Å². The van der Waals surface area contributed by atoms with Crippen LogP contribution in [0.15, 0.2) is 42.0 Å². The largest absolute Gasteiger partial charge is 0.235 e. The van der Waals surface area contributed by atoms with Crippen LogP contribution in [0.2, 0.25) is 0 Å². The fourth-order valence-electron chi connectivity index (χ4n) is 1.89. The van der Waals surface area contributed by atoms with Crippen molar-refractivity contribution in [2.45, 2.75) is 13.3 Å². The van der Waals surface area contributed by atoms with E-state index < -0.39 is 0 Å². The van der Waals surface area contributed by atoms with Crippen LogP contribution < -0.4 is 0 Å². The molecule has 2 heterocycles. The van der Waals surface area contributed by atoms with E-state index in [0.717, 1.165) is 27.9 Å². The van der Waals surface area contributed by atoms with Gasteiger partial charge in [-0.1, -0.05) is 31.2 Å². The second-order valence-electron chi connectivity index (χ2n) is 3.91. The van der Waals surface area contributed by atoms with E-state index in [1.165, 1.54) is 5.56 Å². The van der Waals surface area contributed by atoms with Gasteiger partial charge < -0.3 is 0 Å². The third kappa shape index (κ3) is 1.83. The van der Waals surface area contributed by atoms with Crippen LogP contribution in [-0.2, 0) is 6.42 Å². The third-order valence-electron chi connectivity index (χ3n) is 2.88. The Labute approximate surface area is 104 Å².